The summed E-state index contributed by atoms with van der Waals surface area (Å²) in [5, 5.41) is 3.84. The summed E-state index contributed by atoms with van der Waals surface area (Å²) >= 11 is 0. The fraction of sp³-hybridized carbons (Fsp3) is 0.474. The number of nitrogens with one attached hydrogen (secondary N) is 1. The maximum Gasteiger partial charge on any atom is 0.336 e. The van der Waals surface area contributed by atoms with E-state index in [1.54, 1.807) is 6.07 Å². The van der Waals surface area contributed by atoms with E-state index in [4.69, 9.17) is 10.2 Å². The predicted octanol–water partition coefficient (Wildman–Crippen LogP) is 2.16. The summed E-state index contributed by atoms with van der Waals surface area (Å²) in [5.41, 5.74) is 8.41. The number of carbonyl (C=O) groups is 1. The van der Waals surface area contributed by atoms with Gasteiger partial charge >= 0.3 is 5.63 Å². The van der Waals surface area contributed by atoms with E-state index < -0.39 is 0 Å². The maximum absolute atomic E-state index is 12.5. The third-order valence-corrected chi connectivity index (χ3v) is 5.25. The van der Waals surface area contributed by atoms with Crippen LogP contribution in [0.15, 0.2) is 27.4 Å². The zero-order valence-corrected chi connectivity index (χ0v) is 15.0. The van der Waals surface area contributed by atoms with Gasteiger partial charge in [0.15, 0.2) is 0 Å². The molecular formula is C19H25N3O3. The number of likely N-dealkylation sites (tertiary alicyclic amines) is 1. The Morgan fingerprint density at radius 1 is 1.24 bits per heavy atom. The van der Waals surface area contributed by atoms with Gasteiger partial charge in [-0.2, -0.15) is 0 Å². The van der Waals surface area contributed by atoms with Crippen molar-refractivity contribution in [3.63, 3.8) is 0 Å². The normalized spacial score (nSPS) is 21.0. The third-order valence-electron chi connectivity index (χ3n) is 5.25. The van der Waals surface area contributed by atoms with Gasteiger partial charge < -0.3 is 15.5 Å². The number of rotatable bonds is 4. The van der Waals surface area contributed by atoms with Gasteiger partial charge in [-0.15, -0.1) is 0 Å². The van der Waals surface area contributed by atoms with Gasteiger partial charge in [0, 0.05) is 42.2 Å². The molecular weight excluding hydrogens is 318 g/mol. The summed E-state index contributed by atoms with van der Waals surface area (Å²) in [6, 6.07) is 5.73. The van der Waals surface area contributed by atoms with Gasteiger partial charge in [-0.3, -0.25) is 9.69 Å². The highest BCUT2D eigenvalue weighted by atomic mass is 16.4. The molecule has 0 saturated carbocycles. The van der Waals surface area contributed by atoms with Crippen LogP contribution in [0.1, 0.15) is 30.4 Å². The van der Waals surface area contributed by atoms with Crippen LogP contribution in [0.3, 0.4) is 0 Å². The molecule has 1 saturated heterocycles. The summed E-state index contributed by atoms with van der Waals surface area (Å²) in [7, 11) is 2.04. The standard InChI is InChI=1S/C19H25N3O3/c1-11-7-19(24)25-17-6-12(2)16(9-15(11)17)21-18(23)8-13-4-5-14(10-20)22(13)3/h6-7,9,13-14H,4-5,8,10,20H2,1-3H3,(H,21,23)/t13-,14+/m0/s1. The van der Waals surface area contributed by atoms with Crippen LogP contribution in [0.25, 0.3) is 11.0 Å². The molecule has 0 bridgehead atoms. The Morgan fingerprint density at radius 3 is 2.64 bits per heavy atom. The van der Waals surface area contributed by atoms with Crippen LogP contribution in [0.4, 0.5) is 5.69 Å². The first-order valence-electron chi connectivity index (χ1n) is 8.66. The van der Waals surface area contributed by atoms with E-state index >= 15 is 0 Å². The van der Waals surface area contributed by atoms with Gasteiger partial charge in [-0.25, -0.2) is 4.79 Å². The highest BCUT2D eigenvalue weighted by Crippen LogP contribution is 2.27. The number of aryl methyl sites for hydroxylation is 2. The number of hydrogen-bond donors (Lipinski definition) is 2. The number of anilines is 1. The van der Waals surface area contributed by atoms with Crippen LogP contribution in [-0.4, -0.2) is 36.5 Å². The lowest BCUT2D eigenvalue weighted by Gasteiger charge is -2.24. The number of hydrogen-bond acceptors (Lipinski definition) is 5. The summed E-state index contributed by atoms with van der Waals surface area (Å²) < 4.78 is 5.24. The van der Waals surface area contributed by atoms with Crippen LogP contribution in [0.5, 0.6) is 0 Å². The Morgan fingerprint density at radius 2 is 1.96 bits per heavy atom. The number of benzene rings is 1. The highest BCUT2D eigenvalue weighted by molar-refractivity contribution is 5.95. The SMILES string of the molecule is Cc1cc2oc(=O)cc(C)c2cc1NC(=O)C[C@@H]1CC[C@H](CN)N1C. The minimum atomic E-state index is -0.361. The second kappa shape index (κ2) is 6.98. The average molecular weight is 343 g/mol. The van der Waals surface area contributed by atoms with Crippen LogP contribution in [0, 0.1) is 13.8 Å². The molecule has 0 aliphatic carbocycles. The van der Waals surface area contributed by atoms with Gasteiger partial charge in [-0.05, 0) is 57.0 Å². The molecule has 1 aliphatic heterocycles. The van der Waals surface area contributed by atoms with Crippen LogP contribution in [-0.2, 0) is 4.79 Å². The first kappa shape index (κ1) is 17.6. The van der Waals surface area contributed by atoms with Gasteiger partial charge in [0.2, 0.25) is 5.91 Å². The van der Waals surface area contributed by atoms with E-state index in [-0.39, 0.29) is 17.6 Å². The minimum Gasteiger partial charge on any atom is -0.423 e. The molecule has 1 aromatic heterocycles. The second-order valence-corrected chi connectivity index (χ2v) is 6.95. The van der Waals surface area contributed by atoms with Crippen LogP contribution >= 0.6 is 0 Å². The van der Waals surface area contributed by atoms with E-state index in [0.29, 0.717) is 24.6 Å². The number of nitrogens with two attached hydrogens (primary N) is 1. The van der Waals surface area contributed by atoms with Crippen molar-refractivity contribution in [2.75, 3.05) is 18.9 Å². The lowest BCUT2D eigenvalue weighted by Crippen LogP contribution is -2.38. The summed E-state index contributed by atoms with van der Waals surface area (Å²) in [6.45, 7) is 4.38. The maximum atomic E-state index is 12.5. The molecule has 3 N–H and O–H groups in total. The van der Waals surface area contributed by atoms with Crippen molar-refractivity contribution in [2.45, 2.75) is 45.2 Å². The minimum absolute atomic E-state index is 0.00740. The van der Waals surface area contributed by atoms with E-state index in [1.165, 1.54) is 6.07 Å². The van der Waals surface area contributed by atoms with E-state index in [0.717, 1.165) is 35.0 Å². The smallest absolute Gasteiger partial charge is 0.336 e. The first-order chi connectivity index (χ1) is 11.9. The van der Waals surface area contributed by atoms with E-state index in [2.05, 4.69) is 10.2 Å². The molecule has 1 aromatic carbocycles. The van der Waals surface area contributed by atoms with Gasteiger partial charge in [0.05, 0.1) is 0 Å². The summed E-state index contributed by atoms with van der Waals surface area (Å²) in [6.07, 6.45) is 2.48. The number of nitrogens with zero attached hydrogens (tertiary/aromatic N) is 1. The number of amides is 1. The van der Waals surface area contributed by atoms with Crippen molar-refractivity contribution in [1.29, 1.82) is 0 Å². The number of fused-ring (bicyclic) bond motifs is 1. The van der Waals surface area contributed by atoms with Gasteiger partial charge in [0.1, 0.15) is 5.58 Å². The third kappa shape index (κ3) is 3.60. The molecule has 0 unspecified atom stereocenters. The molecule has 3 rings (SSSR count). The Hall–Kier alpha value is -2.18. The van der Waals surface area contributed by atoms with Gasteiger partial charge in [-0.1, -0.05) is 0 Å². The molecule has 1 fully saturated rings. The van der Waals surface area contributed by atoms with Crippen molar-refractivity contribution < 1.29 is 9.21 Å². The van der Waals surface area contributed by atoms with Crippen molar-refractivity contribution in [3.8, 4) is 0 Å². The van der Waals surface area contributed by atoms with Crippen molar-refractivity contribution in [3.05, 3.63) is 39.7 Å². The van der Waals surface area contributed by atoms with E-state index in [9.17, 15) is 9.59 Å². The number of carbonyl (C=O) groups excluding carboxylic acids is 1. The molecule has 25 heavy (non-hydrogen) atoms. The van der Waals surface area contributed by atoms with Crippen LogP contribution in [0.2, 0.25) is 0 Å². The molecule has 0 spiro atoms. The molecule has 6 heteroatoms. The average Bonchev–Trinajstić information content (AvgIpc) is 2.89. The van der Waals surface area contributed by atoms with Crippen molar-refractivity contribution in [2.24, 2.45) is 5.73 Å². The van der Waals surface area contributed by atoms with Crippen molar-refractivity contribution >= 4 is 22.6 Å². The summed E-state index contributed by atoms with van der Waals surface area (Å²) in [5.74, 6) is -0.00740. The monoisotopic (exact) mass is 343 g/mol. The summed E-state index contributed by atoms with van der Waals surface area (Å²) in [4.78, 5) is 26.2. The van der Waals surface area contributed by atoms with E-state index in [1.807, 2.05) is 27.0 Å². The molecule has 6 nitrogen and oxygen atoms in total. The fourth-order valence-corrected chi connectivity index (χ4v) is 3.64. The molecule has 0 radical (unpaired) electrons. The fourth-order valence-electron chi connectivity index (χ4n) is 3.64. The molecule has 134 valence electrons. The highest BCUT2D eigenvalue weighted by Gasteiger charge is 2.30. The quantitative estimate of drug-likeness (QED) is 0.831. The lowest BCUT2D eigenvalue weighted by molar-refractivity contribution is -0.117. The largest absolute Gasteiger partial charge is 0.423 e. The molecule has 2 heterocycles. The topological polar surface area (TPSA) is 88.6 Å². The lowest BCUT2D eigenvalue weighted by atomic mass is 10.1. The molecule has 2 aromatic rings. The zero-order chi connectivity index (χ0) is 18.1. The Bertz CT molecular complexity index is 859. The van der Waals surface area contributed by atoms with Crippen molar-refractivity contribution in [1.82, 2.24) is 4.90 Å². The Kier molecular flexibility index (Phi) is 4.92. The molecule has 1 amide bonds. The van der Waals surface area contributed by atoms with Crippen LogP contribution < -0.4 is 16.7 Å². The Balaban J connectivity index is 1.77. The first-order valence-corrected chi connectivity index (χ1v) is 8.66. The second-order valence-electron chi connectivity index (χ2n) is 6.95. The Labute approximate surface area is 147 Å². The molecule has 1 aliphatic rings. The predicted molar refractivity (Wildman–Crippen MR) is 98.8 cm³/mol. The number of likely N-dealkylation sites (N-methyl/N-ethyl adjacent to an activating group) is 1. The molecule has 2 atom stereocenters. The zero-order valence-electron chi connectivity index (χ0n) is 15.0. The van der Waals surface area contributed by atoms with Gasteiger partial charge in [0.25, 0.3) is 0 Å².